The van der Waals surface area contributed by atoms with Gasteiger partial charge in [0.25, 0.3) is 0 Å². The van der Waals surface area contributed by atoms with Crippen LogP contribution in [0.3, 0.4) is 0 Å². The van der Waals surface area contributed by atoms with Crippen molar-refractivity contribution in [1.29, 1.82) is 0 Å². The molecule has 2 aromatic heterocycles. The van der Waals surface area contributed by atoms with Crippen LogP contribution in [0.4, 0.5) is 22.9 Å². The van der Waals surface area contributed by atoms with Crippen molar-refractivity contribution in [3.8, 4) is 0 Å². The van der Waals surface area contributed by atoms with Gasteiger partial charge in [-0.05, 0) is 92.0 Å². The van der Waals surface area contributed by atoms with E-state index in [1.54, 1.807) is 17.7 Å². The molecule has 0 saturated heterocycles. The molecule has 8 heteroatoms. The van der Waals surface area contributed by atoms with Gasteiger partial charge in [0.05, 0.1) is 5.39 Å². The number of fused-ring (bicyclic) bond motifs is 3. The number of hydrogen-bond donors (Lipinski definition) is 3. The van der Waals surface area contributed by atoms with Crippen molar-refractivity contribution in [2.75, 3.05) is 16.0 Å². The third kappa shape index (κ3) is 4.49. The molecule has 0 spiro atoms. The number of rotatable bonds is 4. The highest BCUT2D eigenvalue weighted by atomic mass is 35.5. The fourth-order valence-electron chi connectivity index (χ4n) is 3.79. The molecule has 1 aliphatic rings. The van der Waals surface area contributed by atoms with Crippen molar-refractivity contribution in [2.24, 2.45) is 0 Å². The predicted octanol–water partition coefficient (Wildman–Crippen LogP) is 6.78. The van der Waals surface area contributed by atoms with E-state index in [1.807, 2.05) is 48.5 Å². The molecule has 0 unspecified atom stereocenters. The van der Waals surface area contributed by atoms with Gasteiger partial charge in [0.15, 0.2) is 5.11 Å². The van der Waals surface area contributed by atoms with E-state index in [9.17, 15) is 0 Å². The molecule has 156 valence electrons. The zero-order valence-corrected chi connectivity index (χ0v) is 19.0. The highest BCUT2D eigenvalue weighted by Gasteiger charge is 2.19. The summed E-state index contributed by atoms with van der Waals surface area (Å²) >= 11 is 13.1. The molecular weight excluding hydrogens is 446 g/mol. The highest BCUT2D eigenvalue weighted by molar-refractivity contribution is 7.80. The highest BCUT2D eigenvalue weighted by Crippen LogP contribution is 2.38. The summed E-state index contributed by atoms with van der Waals surface area (Å²) in [5.74, 6) is 0.880. The van der Waals surface area contributed by atoms with Crippen molar-refractivity contribution < 1.29 is 0 Å². The molecule has 31 heavy (non-hydrogen) atoms. The monoisotopic (exact) mass is 465 g/mol. The Morgan fingerprint density at radius 3 is 2.26 bits per heavy atom. The Kier molecular flexibility index (Phi) is 5.72. The lowest BCUT2D eigenvalue weighted by molar-refractivity contribution is 0.700. The van der Waals surface area contributed by atoms with Crippen molar-refractivity contribution >= 4 is 73.4 Å². The van der Waals surface area contributed by atoms with Gasteiger partial charge in [-0.25, -0.2) is 9.97 Å². The van der Waals surface area contributed by atoms with Crippen molar-refractivity contribution in [3.05, 3.63) is 70.3 Å². The van der Waals surface area contributed by atoms with Crippen molar-refractivity contribution in [3.63, 3.8) is 0 Å². The van der Waals surface area contributed by atoms with Crippen LogP contribution in [0.1, 0.15) is 23.3 Å². The van der Waals surface area contributed by atoms with E-state index >= 15 is 0 Å². The Hall–Kier alpha value is -2.74. The first-order valence-corrected chi connectivity index (χ1v) is 11.7. The Balaban J connectivity index is 1.29. The number of nitrogens with one attached hydrogen (secondary N) is 3. The smallest absolute Gasteiger partial charge is 0.175 e. The van der Waals surface area contributed by atoms with E-state index in [-0.39, 0.29) is 0 Å². The van der Waals surface area contributed by atoms with E-state index in [1.165, 1.54) is 28.7 Å². The van der Waals surface area contributed by atoms with E-state index in [4.69, 9.17) is 23.8 Å². The van der Waals surface area contributed by atoms with Crippen LogP contribution in [0.2, 0.25) is 5.02 Å². The third-order valence-corrected chi connectivity index (χ3v) is 6.91. The number of thiophene rings is 1. The zero-order valence-electron chi connectivity index (χ0n) is 16.6. The molecule has 1 aliphatic carbocycles. The lowest BCUT2D eigenvalue weighted by atomic mass is 9.97. The van der Waals surface area contributed by atoms with Crippen LogP contribution in [0, 0.1) is 0 Å². The number of anilines is 4. The van der Waals surface area contributed by atoms with Crippen LogP contribution >= 0.6 is 35.2 Å². The average Bonchev–Trinajstić information content (AvgIpc) is 3.16. The number of aryl methyl sites for hydroxylation is 2. The lowest BCUT2D eigenvalue weighted by Gasteiger charge is -2.13. The number of nitrogens with zero attached hydrogens (tertiary/aromatic N) is 2. The average molecular weight is 466 g/mol. The molecule has 3 N–H and O–H groups in total. The summed E-state index contributed by atoms with van der Waals surface area (Å²) in [6.45, 7) is 0. The molecule has 0 bridgehead atoms. The number of halogens is 1. The second kappa shape index (κ2) is 8.78. The second-order valence-corrected chi connectivity index (χ2v) is 9.33. The van der Waals surface area contributed by atoms with Crippen molar-refractivity contribution in [1.82, 2.24) is 9.97 Å². The normalized spacial score (nSPS) is 12.9. The van der Waals surface area contributed by atoms with Gasteiger partial charge >= 0.3 is 0 Å². The van der Waals surface area contributed by atoms with Crippen LogP contribution in [-0.2, 0) is 12.8 Å². The van der Waals surface area contributed by atoms with Gasteiger partial charge in [0.1, 0.15) is 17.0 Å². The van der Waals surface area contributed by atoms with Crippen LogP contribution in [-0.4, -0.2) is 15.1 Å². The maximum absolute atomic E-state index is 5.92. The van der Waals surface area contributed by atoms with Crippen LogP contribution < -0.4 is 16.0 Å². The van der Waals surface area contributed by atoms with Gasteiger partial charge in [-0.3, -0.25) is 0 Å². The summed E-state index contributed by atoms with van der Waals surface area (Å²) in [6, 6.07) is 15.4. The van der Waals surface area contributed by atoms with Crippen LogP contribution in [0.15, 0.2) is 54.9 Å². The summed E-state index contributed by atoms with van der Waals surface area (Å²) in [4.78, 5) is 11.6. The number of benzene rings is 2. The number of aromatic nitrogens is 2. The van der Waals surface area contributed by atoms with Gasteiger partial charge in [0, 0.05) is 27.0 Å². The minimum atomic E-state index is 0.519. The van der Waals surface area contributed by atoms with Gasteiger partial charge in [-0.15, -0.1) is 11.3 Å². The summed E-state index contributed by atoms with van der Waals surface area (Å²) in [5.41, 5.74) is 4.17. The molecule has 0 atom stereocenters. The minimum Gasteiger partial charge on any atom is -0.340 e. The Bertz CT molecular complexity index is 1240. The lowest BCUT2D eigenvalue weighted by Crippen LogP contribution is -2.18. The first kappa shape index (κ1) is 20.2. The molecule has 0 aliphatic heterocycles. The van der Waals surface area contributed by atoms with Crippen molar-refractivity contribution in [2.45, 2.75) is 25.7 Å². The van der Waals surface area contributed by atoms with Gasteiger partial charge in [-0.2, -0.15) is 0 Å². The maximum atomic E-state index is 5.92. The molecule has 0 radical (unpaired) electrons. The topological polar surface area (TPSA) is 61.9 Å². The zero-order chi connectivity index (χ0) is 21.2. The molecule has 5 rings (SSSR count). The first-order chi connectivity index (χ1) is 15.2. The molecule has 2 aromatic carbocycles. The van der Waals surface area contributed by atoms with Crippen LogP contribution in [0.5, 0.6) is 0 Å². The van der Waals surface area contributed by atoms with E-state index < -0.39 is 0 Å². The van der Waals surface area contributed by atoms with Gasteiger partial charge in [-0.1, -0.05) is 11.6 Å². The van der Waals surface area contributed by atoms with E-state index in [0.717, 1.165) is 40.6 Å². The Morgan fingerprint density at radius 2 is 1.52 bits per heavy atom. The predicted molar refractivity (Wildman–Crippen MR) is 135 cm³/mol. The maximum Gasteiger partial charge on any atom is 0.175 e. The standard InChI is InChI=1S/C23H20ClN5S2/c24-14-5-7-16(8-6-14)28-23(30)29-17-11-9-15(10-12-17)27-21-20-18-3-1-2-4-19(18)31-22(20)26-13-25-21/h5-13H,1-4H2,(H,25,26,27)(H2,28,29,30). The van der Waals surface area contributed by atoms with Gasteiger partial charge < -0.3 is 16.0 Å². The van der Waals surface area contributed by atoms with Gasteiger partial charge in [0.2, 0.25) is 0 Å². The fourth-order valence-corrected chi connectivity index (χ4v) is 5.38. The summed E-state index contributed by atoms with van der Waals surface area (Å²) in [5, 5.41) is 12.2. The molecule has 0 fully saturated rings. The molecule has 2 heterocycles. The van der Waals surface area contributed by atoms with Crippen LogP contribution in [0.25, 0.3) is 10.2 Å². The number of thiocarbonyl (C=S) groups is 1. The Morgan fingerprint density at radius 1 is 0.871 bits per heavy atom. The Labute approximate surface area is 194 Å². The fraction of sp³-hybridized carbons (Fsp3) is 0.174. The SMILES string of the molecule is S=C(Nc1ccc(Cl)cc1)Nc1ccc(Nc2ncnc3sc4c(c23)CCCC4)cc1. The number of hydrogen-bond acceptors (Lipinski definition) is 5. The molecular formula is C23H20ClN5S2. The summed E-state index contributed by atoms with van der Waals surface area (Å²) < 4.78 is 0. The molecule has 0 amide bonds. The molecule has 0 saturated carbocycles. The third-order valence-electron chi connectivity index (χ3n) is 5.26. The first-order valence-electron chi connectivity index (χ1n) is 10.1. The molecule has 4 aromatic rings. The van der Waals surface area contributed by atoms with E-state index in [2.05, 4.69) is 25.9 Å². The molecule has 5 nitrogen and oxygen atoms in total. The second-order valence-electron chi connectivity index (χ2n) is 7.40. The quantitative estimate of drug-likeness (QED) is 0.289. The summed E-state index contributed by atoms with van der Waals surface area (Å²) in [7, 11) is 0. The largest absolute Gasteiger partial charge is 0.340 e. The van der Waals surface area contributed by atoms with E-state index in [0.29, 0.717) is 10.1 Å². The minimum absolute atomic E-state index is 0.519. The summed E-state index contributed by atoms with van der Waals surface area (Å²) in [6.07, 6.45) is 6.40.